The van der Waals surface area contributed by atoms with Gasteiger partial charge in [-0.05, 0) is 95.8 Å². The summed E-state index contributed by atoms with van der Waals surface area (Å²) in [6.07, 6.45) is 7.26. The van der Waals surface area contributed by atoms with Gasteiger partial charge in [-0.25, -0.2) is 0 Å². The van der Waals surface area contributed by atoms with Gasteiger partial charge in [-0.3, -0.25) is 0 Å². The van der Waals surface area contributed by atoms with Crippen LogP contribution in [0.3, 0.4) is 0 Å². The first-order valence-corrected chi connectivity index (χ1v) is 32.1. The van der Waals surface area contributed by atoms with E-state index in [1.807, 2.05) is 0 Å². The lowest BCUT2D eigenvalue weighted by Crippen LogP contribution is -2.66. The SMILES string of the molecule is CCCCC[Si](C)(C)O[Si](O[Si](C)(C)CCCOCC1CO1)(O[Si](C)(C)CCCOCC1CO1)O[Si](C)(C)CCCOCC1CO1. The lowest BCUT2D eigenvalue weighted by atomic mass is 10.3. The Bertz CT molecular complexity index is 765. The van der Waals surface area contributed by atoms with Crippen LogP contribution < -0.4 is 0 Å². The first-order chi connectivity index (χ1) is 21.6. The standard InChI is InChI=1S/C31H68O10Si5/c1-10-11-12-19-42(2,3)38-46(39-43(4,5)20-13-16-32-23-29-26-35-29,40-44(6,7)21-14-17-33-24-30-27-36-30)41-45(8,9)22-15-18-34-25-31-28-37-31/h29-31H,10-28H2,1-9H3. The Labute approximate surface area is 286 Å². The lowest BCUT2D eigenvalue weighted by molar-refractivity contribution is 0.112. The fourth-order valence-corrected chi connectivity index (χ4v) is 25.2. The molecule has 0 radical (unpaired) electrons. The number of hydrogen-bond donors (Lipinski definition) is 0. The fraction of sp³-hybridized carbons (Fsp3) is 1.00. The molecular formula is C31H68O10Si5. The van der Waals surface area contributed by atoms with Crippen molar-refractivity contribution in [3.8, 4) is 0 Å². The Morgan fingerprint density at radius 3 is 1.00 bits per heavy atom. The second-order valence-corrected chi connectivity index (χ2v) is 36.1. The maximum absolute atomic E-state index is 7.35. The van der Waals surface area contributed by atoms with E-state index < -0.39 is 42.3 Å². The van der Waals surface area contributed by atoms with Gasteiger partial charge in [0.25, 0.3) is 0 Å². The highest BCUT2D eigenvalue weighted by Crippen LogP contribution is 2.35. The molecule has 3 atom stereocenters. The summed E-state index contributed by atoms with van der Waals surface area (Å²) in [6, 6.07) is 3.95. The average molecular weight is 741 g/mol. The molecule has 3 unspecified atom stereocenters. The number of epoxide rings is 3. The monoisotopic (exact) mass is 740 g/mol. The maximum atomic E-state index is 7.35. The first-order valence-electron chi connectivity index (χ1n) is 18.0. The van der Waals surface area contributed by atoms with E-state index in [1.54, 1.807) is 0 Å². The third kappa shape index (κ3) is 19.2. The van der Waals surface area contributed by atoms with Gasteiger partial charge in [0.1, 0.15) is 18.3 Å². The summed E-state index contributed by atoms with van der Waals surface area (Å²) >= 11 is 0. The molecule has 0 amide bonds. The van der Waals surface area contributed by atoms with Gasteiger partial charge in [0.05, 0.1) is 39.6 Å². The van der Waals surface area contributed by atoms with E-state index >= 15 is 0 Å². The van der Waals surface area contributed by atoms with Gasteiger partial charge in [-0.1, -0.05) is 26.2 Å². The van der Waals surface area contributed by atoms with Crippen molar-refractivity contribution in [2.24, 2.45) is 0 Å². The van der Waals surface area contributed by atoms with Crippen molar-refractivity contribution in [3.63, 3.8) is 0 Å². The van der Waals surface area contributed by atoms with Crippen LogP contribution in [0.4, 0.5) is 0 Å². The second-order valence-electron chi connectivity index (χ2n) is 15.8. The molecule has 0 aliphatic carbocycles. The quantitative estimate of drug-likeness (QED) is 0.0439. The molecule has 46 heavy (non-hydrogen) atoms. The summed E-state index contributed by atoms with van der Waals surface area (Å²) < 4.78 is 63.0. The first kappa shape index (κ1) is 41.1. The summed E-state index contributed by atoms with van der Waals surface area (Å²) in [6.45, 7) is 27.3. The molecule has 15 heteroatoms. The van der Waals surface area contributed by atoms with Crippen LogP contribution in [-0.2, 0) is 44.9 Å². The molecule has 0 bridgehead atoms. The average Bonchev–Trinajstić information content (AvgIpc) is 3.75. The molecule has 3 rings (SSSR count). The normalized spacial score (nSPS) is 23.0. The summed E-state index contributed by atoms with van der Waals surface area (Å²) in [7, 11) is -12.6. The second kappa shape index (κ2) is 19.3. The predicted octanol–water partition coefficient (Wildman–Crippen LogP) is 6.92. The fourth-order valence-electron chi connectivity index (χ4n) is 5.42. The number of unbranched alkanes of at least 4 members (excludes halogenated alkanes) is 2. The molecule has 0 N–H and O–H groups in total. The van der Waals surface area contributed by atoms with E-state index in [9.17, 15) is 0 Å². The van der Waals surface area contributed by atoms with Gasteiger partial charge in [0, 0.05) is 19.8 Å². The molecule has 3 aliphatic heterocycles. The zero-order valence-electron chi connectivity index (χ0n) is 30.7. The summed E-state index contributed by atoms with van der Waals surface area (Å²) in [5.41, 5.74) is 0. The minimum Gasteiger partial charge on any atom is -0.396 e. The highest BCUT2D eigenvalue weighted by atomic mass is 28.5. The highest BCUT2D eigenvalue weighted by molar-refractivity contribution is 6.92. The van der Waals surface area contributed by atoms with Crippen LogP contribution in [0.15, 0.2) is 0 Å². The van der Waals surface area contributed by atoms with E-state index in [0.717, 1.165) is 69.7 Å². The zero-order valence-corrected chi connectivity index (χ0v) is 35.7. The van der Waals surface area contributed by atoms with Gasteiger partial charge >= 0.3 is 9.05 Å². The van der Waals surface area contributed by atoms with E-state index in [4.69, 9.17) is 44.9 Å². The van der Waals surface area contributed by atoms with Gasteiger partial charge in [0.2, 0.25) is 0 Å². The summed E-state index contributed by atoms with van der Waals surface area (Å²) in [5, 5.41) is 0. The van der Waals surface area contributed by atoms with Crippen molar-refractivity contribution in [2.75, 3.05) is 59.5 Å². The molecule has 3 fully saturated rings. The molecule has 0 aromatic carbocycles. The van der Waals surface area contributed by atoms with Gasteiger partial charge < -0.3 is 44.9 Å². The van der Waals surface area contributed by atoms with Gasteiger partial charge in [-0.2, -0.15) is 0 Å². The largest absolute Gasteiger partial charge is 0.636 e. The number of hydrogen-bond acceptors (Lipinski definition) is 10. The summed E-state index contributed by atoms with van der Waals surface area (Å²) in [4.78, 5) is 0. The van der Waals surface area contributed by atoms with E-state index in [1.165, 1.54) is 12.8 Å². The molecule has 3 saturated heterocycles. The molecule has 0 saturated carbocycles. The Kier molecular flexibility index (Phi) is 17.3. The van der Waals surface area contributed by atoms with Gasteiger partial charge in [0.15, 0.2) is 33.3 Å². The van der Waals surface area contributed by atoms with Crippen LogP contribution in [0.5, 0.6) is 0 Å². The molecule has 0 spiro atoms. The third-order valence-corrected chi connectivity index (χ3v) is 27.4. The van der Waals surface area contributed by atoms with Gasteiger partial charge in [-0.15, -0.1) is 0 Å². The van der Waals surface area contributed by atoms with Crippen LogP contribution in [-0.4, -0.2) is 120 Å². The van der Waals surface area contributed by atoms with Crippen LogP contribution >= 0.6 is 0 Å². The molecule has 10 nitrogen and oxygen atoms in total. The minimum atomic E-state index is -3.56. The van der Waals surface area contributed by atoms with E-state index in [-0.39, 0.29) is 18.3 Å². The van der Waals surface area contributed by atoms with Crippen molar-refractivity contribution >= 4 is 42.3 Å². The van der Waals surface area contributed by atoms with Crippen LogP contribution in [0, 0.1) is 0 Å². The third-order valence-electron chi connectivity index (χ3n) is 8.31. The molecule has 3 heterocycles. The molecule has 272 valence electrons. The van der Waals surface area contributed by atoms with E-state index in [0.29, 0.717) is 39.6 Å². The van der Waals surface area contributed by atoms with Crippen molar-refractivity contribution in [1.82, 2.24) is 0 Å². The Hall–Kier alpha value is 0.684. The van der Waals surface area contributed by atoms with Crippen molar-refractivity contribution in [2.45, 2.75) is 140 Å². The minimum absolute atomic E-state index is 0.288. The number of rotatable bonds is 30. The Balaban J connectivity index is 1.75. The molecule has 0 aromatic rings. The van der Waals surface area contributed by atoms with Crippen molar-refractivity contribution < 1.29 is 44.9 Å². The Morgan fingerprint density at radius 1 is 0.457 bits per heavy atom. The van der Waals surface area contributed by atoms with Crippen LogP contribution in [0.2, 0.25) is 76.6 Å². The smallest absolute Gasteiger partial charge is 0.396 e. The summed E-state index contributed by atoms with van der Waals surface area (Å²) in [5.74, 6) is 0. The molecular weight excluding hydrogens is 673 g/mol. The predicted molar refractivity (Wildman–Crippen MR) is 194 cm³/mol. The molecule has 3 aliphatic rings. The van der Waals surface area contributed by atoms with Crippen LogP contribution in [0.25, 0.3) is 0 Å². The van der Waals surface area contributed by atoms with Crippen molar-refractivity contribution in [3.05, 3.63) is 0 Å². The Morgan fingerprint density at radius 2 is 0.739 bits per heavy atom. The molecule has 0 aromatic heterocycles. The lowest BCUT2D eigenvalue weighted by Gasteiger charge is -2.46. The maximum Gasteiger partial charge on any atom is 0.636 e. The number of ether oxygens (including phenoxy) is 6. The highest BCUT2D eigenvalue weighted by Gasteiger charge is 2.58. The topological polar surface area (TPSA) is 102 Å². The zero-order chi connectivity index (χ0) is 33.7. The van der Waals surface area contributed by atoms with Crippen LogP contribution in [0.1, 0.15) is 45.4 Å². The van der Waals surface area contributed by atoms with E-state index in [2.05, 4.69) is 59.3 Å². The van der Waals surface area contributed by atoms with Crippen molar-refractivity contribution in [1.29, 1.82) is 0 Å².